The van der Waals surface area contributed by atoms with Gasteiger partial charge in [-0.3, -0.25) is 4.68 Å². The molecule has 1 aliphatic carbocycles. The highest BCUT2D eigenvalue weighted by Gasteiger charge is 2.39. The Balaban J connectivity index is 1.73. The zero-order valence-corrected chi connectivity index (χ0v) is 17.2. The molecule has 1 aliphatic rings. The normalized spacial score (nSPS) is 14.7. The van der Waals surface area contributed by atoms with Crippen LogP contribution in [0.5, 0.6) is 5.75 Å². The topological polar surface area (TPSA) is 73.2 Å². The van der Waals surface area contributed by atoms with Gasteiger partial charge in [0.2, 0.25) is 10.0 Å². The molecule has 0 amide bonds. The molecule has 1 aromatic heterocycles. The number of aryl methyl sites for hydroxylation is 1. The van der Waals surface area contributed by atoms with Crippen LogP contribution < -0.4 is 9.46 Å². The molecule has 0 aliphatic heterocycles. The highest BCUT2D eigenvalue weighted by molar-refractivity contribution is 7.89. The fourth-order valence-electron chi connectivity index (χ4n) is 3.56. The van der Waals surface area contributed by atoms with Gasteiger partial charge in [-0.2, -0.15) is 18.3 Å². The number of halogens is 3. The Bertz CT molecular complexity index is 985. The van der Waals surface area contributed by atoms with Crippen molar-refractivity contribution >= 4 is 10.0 Å². The van der Waals surface area contributed by atoms with Crippen molar-refractivity contribution in [1.29, 1.82) is 0 Å². The maximum absolute atomic E-state index is 13.2. The third kappa shape index (κ3) is 4.75. The van der Waals surface area contributed by atoms with E-state index in [2.05, 4.69) is 9.82 Å². The molecule has 1 heterocycles. The van der Waals surface area contributed by atoms with Gasteiger partial charge in [0.1, 0.15) is 5.75 Å². The first-order chi connectivity index (χ1) is 13.6. The number of alkyl halides is 3. The molecule has 0 spiro atoms. The van der Waals surface area contributed by atoms with Crippen LogP contribution in [-0.2, 0) is 35.6 Å². The maximum atomic E-state index is 13.2. The van der Waals surface area contributed by atoms with E-state index in [9.17, 15) is 21.6 Å². The van der Waals surface area contributed by atoms with E-state index < -0.39 is 21.9 Å². The number of aromatic nitrogens is 2. The van der Waals surface area contributed by atoms with Gasteiger partial charge in [-0.25, -0.2) is 13.1 Å². The van der Waals surface area contributed by atoms with Crippen LogP contribution in [-0.4, -0.2) is 31.3 Å². The molecule has 3 rings (SSSR count). The lowest BCUT2D eigenvalue weighted by Gasteiger charge is -2.15. The Kier molecular flexibility index (Phi) is 6.23. The van der Waals surface area contributed by atoms with Crippen molar-refractivity contribution in [3.8, 4) is 5.75 Å². The molecule has 1 aromatic carbocycles. The van der Waals surface area contributed by atoms with E-state index in [1.807, 2.05) is 6.92 Å². The van der Waals surface area contributed by atoms with Crippen LogP contribution in [0.4, 0.5) is 13.2 Å². The monoisotopic (exact) mass is 431 g/mol. The molecule has 0 bridgehead atoms. The van der Waals surface area contributed by atoms with E-state index >= 15 is 0 Å². The summed E-state index contributed by atoms with van der Waals surface area (Å²) in [6.45, 7) is 4.04. The Hall–Kier alpha value is -2.07. The lowest BCUT2D eigenvalue weighted by atomic mass is 9.95. The summed E-state index contributed by atoms with van der Waals surface area (Å²) in [5.41, 5.74) is 0.635. The van der Waals surface area contributed by atoms with Gasteiger partial charge in [0, 0.05) is 17.8 Å². The summed E-state index contributed by atoms with van der Waals surface area (Å²) in [6.07, 6.45) is -2.14. The predicted molar refractivity (Wildman–Crippen MR) is 101 cm³/mol. The zero-order valence-electron chi connectivity index (χ0n) is 16.3. The number of ether oxygens (including phenoxy) is 1. The molecule has 160 valence electrons. The Labute approximate surface area is 168 Å². The van der Waals surface area contributed by atoms with Gasteiger partial charge >= 0.3 is 6.18 Å². The fourth-order valence-corrected chi connectivity index (χ4v) is 4.67. The molecule has 29 heavy (non-hydrogen) atoms. The number of fused-ring (bicyclic) bond motifs is 1. The maximum Gasteiger partial charge on any atom is 0.435 e. The highest BCUT2D eigenvalue weighted by Crippen LogP contribution is 2.35. The average molecular weight is 431 g/mol. The SMILES string of the molecule is CCOc1ccc(S(=O)(=O)NCCn2nc(C(F)(F)F)c3c2CCCC3)cc1C. The summed E-state index contributed by atoms with van der Waals surface area (Å²) in [5, 5.41) is 3.74. The van der Waals surface area contributed by atoms with E-state index in [1.54, 1.807) is 13.0 Å². The van der Waals surface area contributed by atoms with Gasteiger partial charge in [0.25, 0.3) is 0 Å². The number of rotatable bonds is 7. The summed E-state index contributed by atoms with van der Waals surface area (Å²) in [4.78, 5) is 0.0805. The first-order valence-electron chi connectivity index (χ1n) is 9.52. The first-order valence-corrected chi connectivity index (χ1v) is 11.0. The Morgan fingerprint density at radius 1 is 1.24 bits per heavy atom. The number of benzene rings is 1. The molecule has 10 heteroatoms. The number of nitrogens with zero attached hydrogens (tertiary/aromatic N) is 2. The molecule has 0 fully saturated rings. The summed E-state index contributed by atoms with van der Waals surface area (Å²) in [5.74, 6) is 0.606. The minimum atomic E-state index is -4.51. The highest BCUT2D eigenvalue weighted by atomic mass is 32.2. The molecule has 0 atom stereocenters. The van der Waals surface area contributed by atoms with E-state index in [-0.39, 0.29) is 23.5 Å². The van der Waals surface area contributed by atoms with Crippen LogP contribution >= 0.6 is 0 Å². The summed E-state index contributed by atoms with van der Waals surface area (Å²) < 4.78 is 74.0. The van der Waals surface area contributed by atoms with Gasteiger partial charge in [-0.15, -0.1) is 0 Å². The van der Waals surface area contributed by atoms with Crippen LogP contribution in [0.2, 0.25) is 0 Å². The van der Waals surface area contributed by atoms with Crippen LogP contribution in [0.3, 0.4) is 0 Å². The van der Waals surface area contributed by atoms with Gasteiger partial charge in [-0.05, 0) is 63.3 Å². The lowest BCUT2D eigenvalue weighted by molar-refractivity contribution is -0.142. The van der Waals surface area contributed by atoms with Crippen molar-refractivity contribution < 1.29 is 26.3 Å². The van der Waals surface area contributed by atoms with E-state index in [0.29, 0.717) is 42.9 Å². The fraction of sp³-hybridized carbons (Fsp3) is 0.526. The standard InChI is InChI=1S/C19H24F3N3O3S/c1-3-28-17-9-8-14(12-13(17)2)29(26,27)23-10-11-25-16-7-5-4-6-15(16)18(24-25)19(20,21)22/h8-9,12,23H,3-7,10-11H2,1-2H3. The van der Waals surface area contributed by atoms with Crippen molar-refractivity contribution in [2.45, 2.75) is 57.1 Å². The molecule has 0 saturated carbocycles. The van der Waals surface area contributed by atoms with Crippen LogP contribution in [0, 0.1) is 6.92 Å². The van der Waals surface area contributed by atoms with Crippen molar-refractivity contribution in [1.82, 2.24) is 14.5 Å². The second-order valence-corrected chi connectivity index (χ2v) is 8.73. The number of sulfonamides is 1. The van der Waals surface area contributed by atoms with Crippen molar-refractivity contribution in [2.24, 2.45) is 0 Å². The Morgan fingerprint density at radius 3 is 2.62 bits per heavy atom. The van der Waals surface area contributed by atoms with Crippen LogP contribution in [0.1, 0.15) is 42.3 Å². The van der Waals surface area contributed by atoms with Crippen molar-refractivity contribution in [3.05, 3.63) is 40.7 Å². The largest absolute Gasteiger partial charge is 0.494 e. The summed E-state index contributed by atoms with van der Waals surface area (Å²) in [6, 6.07) is 4.54. The van der Waals surface area contributed by atoms with Gasteiger partial charge in [0.15, 0.2) is 5.69 Å². The molecular weight excluding hydrogens is 407 g/mol. The van der Waals surface area contributed by atoms with Crippen molar-refractivity contribution in [2.75, 3.05) is 13.2 Å². The minimum absolute atomic E-state index is 0.0354. The molecule has 6 nitrogen and oxygen atoms in total. The number of nitrogens with one attached hydrogen (secondary N) is 1. The molecule has 2 aromatic rings. The van der Waals surface area contributed by atoms with E-state index in [1.165, 1.54) is 16.8 Å². The molecule has 0 saturated heterocycles. The summed E-state index contributed by atoms with van der Waals surface area (Å²) in [7, 11) is -3.80. The molecule has 0 unspecified atom stereocenters. The molecule has 1 N–H and O–H groups in total. The predicted octanol–water partition coefficient (Wildman–Crippen LogP) is 3.47. The molecule has 0 radical (unpaired) electrons. The minimum Gasteiger partial charge on any atom is -0.494 e. The van der Waals surface area contributed by atoms with Crippen LogP contribution in [0.15, 0.2) is 23.1 Å². The van der Waals surface area contributed by atoms with Gasteiger partial charge < -0.3 is 4.74 Å². The third-order valence-electron chi connectivity index (χ3n) is 4.90. The average Bonchev–Trinajstić information content (AvgIpc) is 3.03. The van der Waals surface area contributed by atoms with Gasteiger partial charge in [0.05, 0.1) is 18.0 Å². The first kappa shape index (κ1) is 21.6. The number of hydrogen-bond acceptors (Lipinski definition) is 4. The second-order valence-electron chi connectivity index (χ2n) is 6.96. The molecular formula is C19H24F3N3O3S. The summed E-state index contributed by atoms with van der Waals surface area (Å²) >= 11 is 0. The quantitative estimate of drug-likeness (QED) is 0.729. The zero-order chi connectivity index (χ0) is 21.2. The third-order valence-corrected chi connectivity index (χ3v) is 6.36. The van der Waals surface area contributed by atoms with E-state index in [4.69, 9.17) is 4.74 Å². The van der Waals surface area contributed by atoms with E-state index in [0.717, 1.165) is 6.42 Å². The van der Waals surface area contributed by atoms with Crippen LogP contribution in [0.25, 0.3) is 0 Å². The van der Waals surface area contributed by atoms with Crippen molar-refractivity contribution in [3.63, 3.8) is 0 Å². The van der Waals surface area contributed by atoms with Gasteiger partial charge in [-0.1, -0.05) is 0 Å². The Morgan fingerprint density at radius 2 is 1.97 bits per heavy atom. The number of hydrogen-bond donors (Lipinski definition) is 1. The smallest absolute Gasteiger partial charge is 0.435 e. The lowest BCUT2D eigenvalue weighted by Crippen LogP contribution is -2.28. The second kappa shape index (κ2) is 8.35.